The maximum atomic E-state index is 9.77. The van der Waals surface area contributed by atoms with Gasteiger partial charge in [0.25, 0.3) is 0 Å². The van der Waals surface area contributed by atoms with E-state index in [1.807, 2.05) is 30.3 Å². The fraction of sp³-hybridized carbons (Fsp3) is 0.294. The molecule has 1 saturated heterocycles. The summed E-state index contributed by atoms with van der Waals surface area (Å²) in [4.78, 5) is 2.37. The van der Waals surface area contributed by atoms with Gasteiger partial charge < -0.3 is 9.84 Å². The molecule has 20 heavy (non-hydrogen) atoms. The van der Waals surface area contributed by atoms with Gasteiger partial charge in [0.05, 0.1) is 13.2 Å². The van der Waals surface area contributed by atoms with Crippen molar-refractivity contribution in [3.63, 3.8) is 0 Å². The van der Waals surface area contributed by atoms with Crippen LogP contribution in [0, 0.1) is 0 Å². The Morgan fingerprint density at radius 2 is 1.75 bits per heavy atom. The van der Waals surface area contributed by atoms with Gasteiger partial charge in [0.15, 0.2) is 0 Å². The third-order valence-electron chi connectivity index (χ3n) is 3.67. The largest absolute Gasteiger partial charge is 0.508 e. The van der Waals surface area contributed by atoms with Crippen LogP contribution in [0.15, 0.2) is 48.5 Å². The molecule has 0 aliphatic carbocycles. The summed E-state index contributed by atoms with van der Waals surface area (Å²) in [6.07, 6.45) is 0. The number of ether oxygens (including phenoxy) is 1. The maximum absolute atomic E-state index is 9.77. The van der Waals surface area contributed by atoms with Crippen molar-refractivity contribution in [1.29, 1.82) is 0 Å². The number of hydrogen-bond acceptors (Lipinski definition) is 3. The van der Waals surface area contributed by atoms with Crippen molar-refractivity contribution in [2.24, 2.45) is 0 Å². The minimum absolute atomic E-state index is 0.327. The van der Waals surface area contributed by atoms with Gasteiger partial charge in [0.2, 0.25) is 0 Å². The molecule has 0 spiro atoms. The van der Waals surface area contributed by atoms with Gasteiger partial charge in [-0.25, -0.2) is 0 Å². The molecule has 3 rings (SSSR count). The van der Waals surface area contributed by atoms with Gasteiger partial charge in [-0.15, -0.1) is 0 Å². The predicted molar refractivity (Wildman–Crippen MR) is 79.6 cm³/mol. The zero-order valence-electron chi connectivity index (χ0n) is 11.5. The first-order valence-corrected chi connectivity index (χ1v) is 7.00. The zero-order chi connectivity index (χ0) is 13.8. The molecule has 1 aliphatic rings. The highest BCUT2D eigenvalue weighted by Gasteiger charge is 2.14. The summed E-state index contributed by atoms with van der Waals surface area (Å²) >= 11 is 0. The van der Waals surface area contributed by atoms with Gasteiger partial charge in [-0.1, -0.05) is 36.4 Å². The van der Waals surface area contributed by atoms with E-state index in [0.717, 1.165) is 38.4 Å². The van der Waals surface area contributed by atoms with Crippen LogP contribution in [0.3, 0.4) is 0 Å². The van der Waals surface area contributed by atoms with Crippen LogP contribution in [0.5, 0.6) is 5.75 Å². The first kappa shape index (κ1) is 13.2. The van der Waals surface area contributed by atoms with Crippen LogP contribution in [0.1, 0.15) is 5.56 Å². The van der Waals surface area contributed by atoms with Gasteiger partial charge in [-0.3, -0.25) is 4.90 Å². The third-order valence-corrected chi connectivity index (χ3v) is 3.67. The molecule has 0 aromatic heterocycles. The van der Waals surface area contributed by atoms with E-state index in [9.17, 15) is 5.11 Å². The molecule has 3 heteroatoms. The number of morpholine rings is 1. The first-order valence-electron chi connectivity index (χ1n) is 7.00. The summed E-state index contributed by atoms with van der Waals surface area (Å²) in [7, 11) is 0. The highest BCUT2D eigenvalue weighted by atomic mass is 16.5. The molecule has 0 amide bonds. The predicted octanol–water partition coefficient (Wildman–Crippen LogP) is 2.89. The minimum Gasteiger partial charge on any atom is -0.508 e. The molecular weight excluding hydrogens is 250 g/mol. The van der Waals surface area contributed by atoms with E-state index in [1.165, 1.54) is 11.1 Å². The van der Waals surface area contributed by atoms with E-state index in [2.05, 4.69) is 17.0 Å². The smallest absolute Gasteiger partial charge is 0.115 e. The Morgan fingerprint density at radius 3 is 2.50 bits per heavy atom. The van der Waals surface area contributed by atoms with Crippen molar-refractivity contribution in [3.8, 4) is 16.9 Å². The van der Waals surface area contributed by atoms with E-state index < -0.39 is 0 Å². The molecule has 1 fully saturated rings. The van der Waals surface area contributed by atoms with E-state index in [4.69, 9.17) is 4.74 Å². The van der Waals surface area contributed by atoms with Crippen LogP contribution in [0.2, 0.25) is 0 Å². The van der Waals surface area contributed by atoms with E-state index in [1.54, 1.807) is 6.07 Å². The van der Waals surface area contributed by atoms with Crippen LogP contribution in [-0.4, -0.2) is 36.3 Å². The summed E-state index contributed by atoms with van der Waals surface area (Å²) < 4.78 is 5.38. The van der Waals surface area contributed by atoms with Gasteiger partial charge in [0, 0.05) is 19.6 Å². The van der Waals surface area contributed by atoms with Crippen LogP contribution >= 0.6 is 0 Å². The van der Waals surface area contributed by atoms with Crippen molar-refractivity contribution in [2.75, 3.05) is 26.3 Å². The normalized spacial score (nSPS) is 16.2. The second-order valence-electron chi connectivity index (χ2n) is 5.10. The van der Waals surface area contributed by atoms with Crippen LogP contribution in [0.25, 0.3) is 11.1 Å². The molecule has 2 aromatic carbocycles. The monoisotopic (exact) mass is 269 g/mol. The van der Waals surface area contributed by atoms with Crippen molar-refractivity contribution in [2.45, 2.75) is 6.54 Å². The lowest BCUT2D eigenvalue weighted by Crippen LogP contribution is -2.35. The SMILES string of the molecule is Oc1ccc(-c2ccccc2)c(CN2CCOCC2)c1. The van der Waals surface area contributed by atoms with Crippen LogP contribution in [0.4, 0.5) is 0 Å². The topological polar surface area (TPSA) is 32.7 Å². The molecular formula is C17H19NO2. The molecule has 0 bridgehead atoms. The van der Waals surface area contributed by atoms with Gasteiger partial charge in [-0.2, -0.15) is 0 Å². The Morgan fingerprint density at radius 1 is 1.00 bits per heavy atom. The van der Waals surface area contributed by atoms with E-state index in [0.29, 0.717) is 5.75 Å². The quantitative estimate of drug-likeness (QED) is 0.930. The van der Waals surface area contributed by atoms with Gasteiger partial charge >= 0.3 is 0 Å². The second-order valence-corrected chi connectivity index (χ2v) is 5.10. The molecule has 0 radical (unpaired) electrons. The Bertz CT molecular complexity index is 562. The molecule has 1 aliphatic heterocycles. The van der Waals surface area contributed by atoms with Crippen LogP contribution in [-0.2, 0) is 11.3 Å². The van der Waals surface area contributed by atoms with Crippen molar-refractivity contribution >= 4 is 0 Å². The fourth-order valence-electron chi connectivity index (χ4n) is 2.61. The summed E-state index contributed by atoms with van der Waals surface area (Å²) in [5, 5.41) is 9.77. The Balaban J connectivity index is 1.90. The lowest BCUT2D eigenvalue weighted by molar-refractivity contribution is 0.0342. The number of phenolic OH excluding ortho intramolecular Hbond substituents is 1. The van der Waals surface area contributed by atoms with Crippen LogP contribution < -0.4 is 0 Å². The maximum Gasteiger partial charge on any atom is 0.115 e. The molecule has 1 N–H and O–H groups in total. The Hall–Kier alpha value is -1.84. The highest BCUT2D eigenvalue weighted by Crippen LogP contribution is 2.28. The number of phenols is 1. The van der Waals surface area contributed by atoms with Crippen molar-refractivity contribution < 1.29 is 9.84 Å². The fourth-order valence-corrected chi connectivity index (χ4v) is 2.61. The molecule has 3 nitrogen and oxygen atoms in total. The number of aromatic hydroxyl groups is 1. The zero-order valence-corrected chi connectivity index (χ0v) is 11.5. The summed E-state index contributed by atoms with van der Waals surface area (Å²) in [5.41, 5.74) is 3.55. The van der Waals surface area contributed by atoms with E-state index >= 15 is 0 Å². The van der Waals surface area contributed by atoms with Gasteiger partial charge in [0.1, 0.15) is 5.75 Å². The van der Waals surface area contributed by atoms with E-state index in [-0.39, 0.29) is 0 Å². The molecule has 0 unspecified atom stereocenters. The third kappa shape index (κ3) is 3.00. The number of benzene rings is 2. The van der Waals surface area contributed by atoms with Crippen molar-refractivity contribution in [1.82, 2.24) is 4.90 Å². The number of rotatable bonds is 3. The molecule has 104 valence electrons. The average Bonchev–Trinajstić information content (AvgIpc) is 2.49. The highest BCUT2D eigenvalue weighted by molar-refractivity contribution is 5.68. The minimum atomic E-state index is 0.327. The standard InChI is InChI=1S/C17H19NO2/c19-16-6-7-17(14-4-2-1-3-5-14)15(12-16)13-18-8-10-20-11-9-18/h1-7,12,19H,8-11,13H2. The molecule has 1 heterocycles. The van der Waals surface area contributed by atoms with Gasteiger partial charge in [-0.05, 0) is 28.8 Å². The number of hydrogen-bond donors (Lipinski definition) is 1. The average molecular weight is 269 g/mol. The number of nitrogens with zero attached hydrogens (tertiary/aromatic N) is 1. The summed E-state index contributed by atoms with van der Waals surface area (Å²) in [6, 6.07) is 15.9. The first-order chi connectivity index (χ1) is 9.83. The molecule has 2 aromatic rings. The second kappa shape index (κ2) is 6.07. The Labute approximate surface area is 119 Å². The lowest BCUT2D eigenvalue weighted by Gasteiger charge is -2.27. The Kier molecular flexibility index (Phi) is 4.00. The van der Waals surface area contributed by atoms with Crippen molar-refractivity contribution in [3.05, 3.63) is 54.1 Å². The molecule has 0 atom stereocenters. The lowest BCUT2D eigenvalue weighted by atomic mass is 9.99. The summed E-state index contributed by atoms with van der Waals surface area (Å²) in [6.45, 7) is 4.33. The molecule has 0 saturated carbocycles. The summed E-state index contributed by atoms with van der Waals surface area (Å²) in [5.74, 6) is 0.327.